The number of unbranched alkanes of at least 4 members (excludes halogenated alkanes) is 56. The second-order valence-electron chi connectivity index (χ2n) is 26.7. The number of amides is 1. The van der Waals surface area contributed by atoms with E-state index in [1.165, 1.54) is 347 Å². The van der Waals surface area contributed by atoms with E-state index < -0.39 is 12.1 Å². The number of ether oxygens (including phenoxy) is 1. The number of hydrogen-bond acceptors (Lipinski definition) is 5. The molecule has 3 N–H and O–H groups in total. The number of carbonyl (C=O) groups excluding carboxylic acids is 2. The smallest absolute Gasteiger partial charge is 0.305 e. The van der Waals surface area contributed by atoms with Crippen LogP contribution in [-0.2, 0) is 14.3 Å². The highest BCUT2D eigenvalue weighted by atomic mass is 16.5. The summed E-state index contributed by atoms with van der Waals surface area (Å²) in [4.78, 5) is 24.7. The van der Waals surface area contributed by atoms with Gasteiger partial charge in [0, 0.05) is 12.8 Å². The quantitative estimate of drug-likeness (QED) is 0.0320. The topological polar surface area (TPSA) is 95.9 Å². The maximum absolute atomic E-state index is 12.6. The van der Waals surface area contributed by atoms with Crippen molar-refractivity contribution in [2.75, 3.05) is 13.2 Å². The van der Waals surface area contributed by atoms with Crippen LogP contribution in [0.4, 0.5) is 0 Å². The average Bonchev–Trinajstić information content (AvgIpc) is 3.51. The summed E-state index contributed by atoms with van der Waals surface area (Å²) in [7, 11) is 0. The van der Waals surface area contributed by atoms with Crippen LogP contribution in [0.15, 0.2) is 36.5 Å². The third kappa shape index (κ3) is 71.0. The minimum atomic E-state index is -0.667. The summed E-state index contributed by atoms with van der Waals surface area (Å²) >= 11 is 0. The molecule has 0 spiro atoms. The number of carbonyl (C=O) groups is 2. The van der Waals surface area contributed by atoms with E-state index >= 15 is 0 Å². The van der Waals surface area contributed by atoms with E-state index in [2.05, 4.69) is 55.6 Å². The van der Waals surface area contributed by atoms with Crippen LogP contribution in [0.1, 0.15) is 431 Å². The van der Waals surface area contributed by atoms with Crippen molar-refractivity contribution in [2.24, 2.45) is 0 Å². The van der Waals surface area contributed by atoms with Crippen molar-refractivity contribution in [3.8, 4) is 0 Å². The Hall–Kier alpha value is -1.92. The van der Waals surface area contributed by atoms with Gasteiger partial charge in [-0.15, -0.1) is 0 Å². The SMILES string of the molecule is CCCCCC/C=C\C/C=C\CCCCCCCCCC(=O)OCCCCCCCCCCCCCC/C=C\CCCCCCCCCCCCCC(=O)NC(CO)C(O)CCCCCCCCCCCCCCCCCCCCCCCCC. The highest BCUT2D eigenvalue weighted by molar-refractivity contribution is 5.76. The molecule has 2 atom stereocenters. The molecule has 0 radical (unpaired) electrons. The van der Waals surface area contributed by atoms with E-state index in [4.69, 9.17) is 4.74 Å². The van der Waals surface area contributed by atoms with E-state index in [0.29, 0.717) is 25.9 Å². The summed E-state index contributed by atoms with van der Waals surface area (Å²) in [6.07, 6.45) is 96.4. The van der Waals surface area contributed by atoms with Crippen molar-refractivity contribution in [3.05, 3.63) is 36.5 Å². The molecule has 1 amide bonds. The lowest BCUT2D eigenvalue weighted by Gasteiger charge is -2.22. The molecule has 0 aromatic rings. The van der Waals surface area contributed by atoms with Gasteiger partial charge in [0.2, 0.25) is 5.91 Å². The molecule has 0 saturated carbocycles. The average molecular weight is 1200 g/mol. The molecule has 0 aliphatic carbocycles. The van der Waals surface area contributed by atoms with Crippen molar-refractivity contribution < 1.29 is 24.5 Å². The lowest BCUT2D eigenvalue weighted by molar-refractivity contribution is -0.143. The van der Waals surface area contributed by atoms with Crippen molar-refractivity contribution in [3.63, 3.8) is 0 Å². The van der Waals surface area contributed by atoms with Crippen LogP contribution in [0, 0.1) is 0 Å². The summed E-state index contributed by atoms with van der Waals surface area (Å²) in [5.74, 6) is -0.0223. The van der Waals surface area contributed by atoms with E-state index in [-0.39, 0.29) is 18.5 Å². The zero-order valence-corrected chi connectivity index (χ0v) is 57.6. The number of hydrogen-bond donors (Lipinski definition) is 3. The zero-order valence-electron chi connectivity index (χ0n) is 57.6. The van der Waals surface area contributed by atoms with Gasteiger partial charge in [0.25, 0.3) is 0 Å². The summed E-state index contributed by atoms with van der Waals surface area (Å²) in [6, 6.07) is -0.544. The second kappa shape index (κ2) is 74.5. The van der Waals surface area contributed by atoms with Crippen LogP contribution in [0.3, 0.4) is 0 Å². The maximum atomic E-state index is 12.6. The van der Waals surface area contributed by atoms with Gasteiger partial charge in [-0.05, 0) is 83.5 Å². The Morgan fingerprint density at radius 2 is 0.588 bits per heavy atom. The molecule has 0 fully saturated rings. The van der Waals surface area contributed by atoms with Gasteiger partial charge in [-0.1, -0.05) is 371 Å². The summed E-state index contributed by atoms with van der Waals surface area (Å²) in [5, 5.41) is 23.5. The fourth-order valence-corrected chi connectivity index (χ4v) is 12.3. The molecule has 85 heavy (non-hydrogen) atoms. The molecule has 0 saturated heterocycles. The number of allylic oxidation sites excluding steroid dienone is 6. The van der Waals surface area contributed by atoms with Crippen LogP contribution >= 0.6 is 0 Å². The molecule has 6 heteroatoms. The van der Waals surface area contributed by atoms with Gasteiger partial charge in [-0.3, -0.25) is 9.59 Å². The van der Waals surface area contributed by atoms with Crippen LogP contribution in [0.5, 0.6) is 0 Å². The molecule has 0 aromatic carbocycles. The molecule has 0 bridgehead atoms. The van der Waals surface area contributed by atoms with Crippen molar-refractivity contribution in [2.45, 2.75) is 443 Å². The number of esters is 1. The third-order valence-corrected chi connectivity index (χ3v) is 18.2. The Labute approximate surface area is 532 Å². The van der Waals surface area contributed by atoms with E-state index in [1.807, 2.05) is 0 Å². The largest absolute Gasteiger partial charge is 0.466 e. The molecular weight excluding hydrogens is 1040 g/mol. The molecule has 0 aliphatic heterocycles. The van der Waals surface area contributed by atoms with Gasteiger partial charge in [0.15, 0.2) is 0 Å². The molecule has 6 nitrogen and oxygen atoms in total. The number of nitrogens with one attached hydrogen (secondary N) is 1. The molecule has 0 aromatic heterocycles. The standard InChI is InChI=1S/C79H151NO5/c1-3-5-7-9-11-13-15-17-19-21-23-24-30-33-36-39-43-47-51-55-59-63-67-71-77(82)76(75-81)80-78(83)72-68-64-60-56-52-48-44-40-37-34-31-28-26-25-27-29-32-35-38-42-46-50-54-58-62-66-70-74-85-79(84)73-69-65-61-57-53-49-45-41-22-20-18-16-14-12-10-8-6-4-2/h14,16,20,22,25-26,76-77,81-82H,3-13,15,17-19,21,23-24,27-75H2,1-2H3,(H,80,83)/b16-14-,22-20-,26-25-. The van der Waals surface area contributed by atoms with E-state index in [9.17, 15) is 19.8 Å². The van der Waals surface area contributed by atoms with Crippen molar-refractivity contribution in [1.29, 1.82) is 0 Å². The van der Waals surface area contributed by atoms with Gasteiger partial charge in [-0.2, -0.15) is 0 Å². The minimum absolute atomic E-state index is 0.00863. The second-order valence-corrected chi connectivity index (χ2v) is 26.7. The van der Waals surface area contributed by atoms with Gasteiger partial charge < -0.3 is 20.3 Å². The third-order valence-electron chi connectivity index (χ3n) is 18.2. The first-order chi connectivity index (χ1) is 42.0. The molecule has 0 heterocycles. The Morgan fingerprint density at radius 3 is 0.918 bits per heavy atom. The first-order valence-electron chi connectivity index (χ1n) is 38.7. The highest BCUT2D eigenvalue weighted by Crippen LogP contribution is 2.19. The Morgan fingerprint density at radius 1 is 0.329 bits per heavy atom. The number of rotatable bonds is 73. The van der Waals surface area contributed by atoms with Gasteiger partial charge in [-0.25, -0.2) is 0 Å². The number of aliphatic hydroxyl groups is 2. The Kier molecular flexibility index (Phi) is 72.9. The summed E-state index contributed by atoms with van der Waals surface area (Å²) < 4.78 is 5.50. The van der Waals surface area contributed by atoms with E-state index in [1.54, 1.807) is 0 Å². The van der Waals surface area contributed by atoms with Crippen molar-refractivity contribution in [1.82, 2.24) is 5.32 Å². The zero-order chi connectivity index (χ0) is 61.3. The molecular formula is C79H151NO5. The van der Waals surface area contributed by atoms with Gasteiger partial charge in [0.1, 0.15) is 0 Å². The molecule has 502 valence electrons. The van der Waals surface area contributed by atoms with Crippen LogP contribution in [-0.4, -0.2) is 47.4 Å². The first kappa shape index (κ1) is 83.1. The lowest BCUT2D eigenvalue weighted by atomic mass is 10.0. The molecule has 0 rings (SSSR count). The van der Waals surface area contributed by atoms with Crippen LogP contribution < -0.4 is 5.32 Å². The first-order valence-corrected chi connectivity index (χ1v) is 38.7. The summed E-state index contributed by atoms with van der Waals surface area (Å²) in [5.41, 5.74) is 0. The molecule has 2 unspecified atom stereocenters. The van der Waals surface area contributed by atoms with Gasteiger partial charge in [0.05, 0.1) is 25.4 Å². The minimum Gasteiger partial charge on any atom is -0.466 e. The number of aliphatic hydroxyl groups excluding tert-OH is 2. The monoisotopic (exact) mass is 1190 g/mol. The van der Waals surface area contributed by atoms with Crippen LogP contribution in [0.2, 0.25) is 0 Å². The molecule has 0 aliphatic rings. The van der Waals surface area contributed by atoms with E-state index in [0.717, 1.165) is 51.4 Å². The van der Waals surface area contributed by atoms with Crippen molar-refractivity contribution >= 4 is 11.9 Å². The maximum Gasteiger partial charge on any atom is 0.305 e. The fourth-order valence-electron chi connectivity index (χ4n) is 12.3. The van der Waals surface area contributed by atoms with Gasteiger partial charge >= 0.3 is 5.97 Å². The van der Waals surface area contributed by atoms with Crippen LogP contribution in [0.25, 0.3) is 0 Å². The predicted molar refractivity (Wildman–Crippen MR) is 375 cm³/mol. The predicted octanol–water partition coefficient (Wildman–Crippen LogP) is 25.4. The highest BCUT2D eigenvalue weighted by Gasteiger charge is 2.20. The normalized spacial score (nSPS) is 12.7. The Bertz CT molecular complexity index is 1380. The lowest BCUT2D eigenvalue weighted by Crippen LogP contribution is -2.45. The Balaban J connectivity index is 3.38. The fraction of sp³-hybridized carbons (Fsp3) is 0.899. The summed E-state index contributed by atoms with van der Waals surface area (Å²) in [6.45, 7) is 4.98.